The van der Waals surface area contributed by atoms with Crippen LogP contribution in [0.2, 0.25) is 0 Å². The van der Waals surface area contributed by atoms with E-state index in [2.05, 4.69) is 5.32 Å². The lowest BCUT2D eigenvalue weighted by Gasteiger charge is -2.11. The largest absolute Gasteiger partial charge is 0.494 e. The normalized spacial score (nSPS) is 10.2. The van der Waals surface area contributed by atoms with E-state index in [1.54, 1.807) is 12.1 Å². The number of benzene rings is 2. The van der Waals surface area contributed by atoms with Crippen molar-refractivity contribution in [3.63, 3.8) is 0 Å². The maximum Gasteiger partial charge on any atom is 0.228 e. The van der Waals surface area contributed by atoms with Gasteiger partial charge < -0.3 is 15.8 Å². The van der Waals surface area contributed by atoms with Crippen molar-refractivity contribution in [3.8, 4) is 5.75 Å². The first-order chi connectivity index (χ1) is 10.1. The van der Waals surface area contributed by atoms with Crippen LogP contribution in [0, 0.1) is 6.92 Å². The minimum absolute atomic E-state index is 0.0490. The van der Waals surface area contributed by atoms with E-state index in [9.17, 15) is 4.79 Å². The molecule has 4 nitrogen and oxygen atoms in total. The Morgan fingerprint density at radius 2 is 1.90 bits per heavy atom. The molecule has 0 saturated heterocycles. The van der Waals surface area contributed by atoms with Gasteiger partial charge in [0.25, 0.3) is 0 Å². The lowest BCUT2D eigenvalue weighted by atomic mass is 10.1. The van der Waals surface area contributed by atoms with Gasteiger partial charge in [-0.2, -0.15) is 0 Å². The van der Waals surface area contributed by atoms with E-state index in [1.165, 1.54) is 0 Å². The first-order valence-corrected chi connectivity index (χ1v) is 6.96. The second-order valence-electron chi connectivity index (χ2n) is 4.88. The van der Waals surface area contributed by atoms with Crippen molar-refractivity contribution in [2.45, 2.75) is 20.3 Å². The summed E-state index contributed by atoms with van der Waals surface area (Å²) in [6.45, 7) is 4.52. The smallest absolute Gasteiger partial charge is 0.228 e. The van der Waals surface area contributed by atoms with Crippen LogP contribution in [0.1, 0.15) is 18.1 Å². The standard InChI is InChI=1S/C17H20N2O2/c1-3-21-15-8-9-16(12(2)10-15)19-17(20)11-13-4-6-14(18)7-5-13/h4-10H,3,11,18H2,1-2H3,(H,19,20). The predicted molar refractivity (Wildman–Crippen MR) is 85.5 cm³/mol. The van der Waals surface area contributed by atoms with Crippen molar-refractivity contribution in [2.75, 3.05) is 17.7 Å². The van der Waals surface area contributed by atoms with Crippen molar-refractivity contribution in [2.24, 2.45) is 0 Å². The van der Waals surface area contributed by atoms with Crippen molar-refractivity contribution in [3.05, 3.63) is 53.6 Å². The molecule has 110 valence electrons. The number of ether oxygens (including phenoxy) is 1. The van der Waals surface area contributed by atoms with Gasteiger partial charge in [0.05, 0.1) is 13.0 Å². The zero-order valence-electron chi connectivity index (χ0n) is 12.3. The Kier molecular flexibility index (Phi) is 4.82. The number of aryl methyl sites for hydroxylation is 1. The third kappa shape index (κ3) is 4.24. The SMILES string of the molecule is CCOc1ccc(NC(=O)Cc2ccc(N)cc2)c(C)c1. The van der Waals surface area contributed by atoms with Crippen LogP contribution in [-0.4, -0.2) is 12.5 Å². The van der Waals surface area contributed by atoms with Gasteiger partial charge in [0.1, 0.15) is 5.75 Å². The van der Waals surface area contributed by atoms with E-state index in [0.29, 0.717) is 18.7 Å². The van der Waals surface area contributed by atoms with Gasteiger partial charge in [0, 0.05) is 11.4 Å². The van der Waals surface area contributed by atoms with Gasteiger partial charge in [-0.3, -0.25) is 4.79 Å². The molecule has 0 spiro atoms. The van der Waals surface area contributed by atoms with Crippen LogP contribution >= 0.6 is 0 Å². The van der Waals surface area contributed by atoms with E-state index in [4.69, 9.17) is 10.5 Å². The van der Waals surface area contributed by atoms with Crippen molar-refractivity contribution >= 4 is 17.3 Å². The number of carbonyl (C=O) groups excluding carboxylic acids is 1. The van der Waals surface area contributed by atoms with Gasteiger partial charge in [-0.1, -0.05) is 12.1 Å². The van der Waals surface area contributed by atoms with E-state index in [1.807, 2.05) is 44.2 Å². The summed E-state index contributed by atoms with van der Waals surface area (Å²) in [5.41, 5.74) is 9.04. The highest BCUT2D eigenvalue weighted by Gasteiger charge is 2.07. The molecule has 2 aromatic rings. The number of nitrogens with one attached hydrogen (secondary N) is 1. The topological polar surface area (TPSA) is 64.3 Å². The average Bonchev–Trinajstić information content (AvgIpc) is 2.45. The lowest BCUT2D eigenvalue weighted by Crippen LogP contribution is -2.15. The summed E-state index contributed by atoms with van der Waals surface area (Å²) < 4.78 is 5.43. The molecule has 4 heteroatoms. The predicted octanol–water partition coefficient (Wildman–Crippen LogP) is 3.16. The Hall–Kier alpha value is -2.49. The second-order valence-corrected chi connectivity index (χ2v) is 4.88. The summed E-state index contributed by atoms with van der Waals surface area (Å²) in [6.07, 6.45) is 0.326. The van der Waals surface area contributed by atoms with Crippen LogP contribution in [0.25, 0.3) is 0 Å². The molecule has 0 radical (unpaired) electrons. The fraction of sp³-hybridized carbons (Fsp3) is 0.235. The van der Waals surface area contributed by atoms with Crippen molar-refractivity contribution < 1.29 is 9.53 Å². The molecule has 0 saturated carbocycles. The highest BCUT2D eigenvalue weighted by Crippen LogP contribution is 2.21. The van der Waals surface area contributed by atoms with Crippen molar-refractivity contribution in [1.29, 1.82) is 0 Å². The monoisotopic (exact) mass is 284 g/mol. The summed E-state index contributed by atoms with van der Waals surface area (Å²) in [5.74, 6) is 0.763. The Balaban J connectivity index is 2.00. The molecule has 0 atom stereocenters. The van der Waals surface area contributed by atoms with E-state index < -0.39 is 0 Å². The van der Waals surface area contributed by atoms with Crippen LogP contribution in [0.3, 0.4) is 0 Å². The Labute approximate surface area is 124 Å². The minimum Gasteiger partial charge on any atom is -0.494 e. The highest BCUT2D eigenvalue weighted by atomic mass is 16.5. The van der Waals surface area contributed by atoms with E-state index >= 15 is 0 Å². The zero-order valence-corrected chi connectivity index (χ0v) is 12.3. The molecular formula is C17H20N2O2. The molecule has 0 bridgehead atoms. The van der Waals surface area contributed by atoms with Crippen LogP contribution in [-0.2, 0) is 11.2 Å². The molecule has 0 fully saturated rings. The summed E-state index contributed by atoms with van der Waals surface area (Å²) in [4.78, 5) is 12.1. The molecule has 0 aliphatic rings. The van der Waals surface area contributed by atoms with Gasteiger partial charge in [0.2, 0.25) is 5.91 Å². The van der Waals surface area contributed by atoms with Gasteiger partial charge in [0.15, 0.2) is 0 Å². The first kappa shape index (κ1) is 14.9. The van der Waals surface area contributed by atoms with Crippen LogP contribution < -0.4 is 15.8 Å². The Bertz CT molecular complexity index is 621. The molecule has 0 heterocycles. The fourth-order valence-corrected chi connectivity index (χ4v) is 2.05. The molecule has 21 heavy (non-hydrogen) atoms. The third-order valence-electron chi connectivity index (χ3n) is 3.13. The minimum atomic E-state index is -0.0490. The zero-order chi connectivity index (χ0) is 15.2. The Morgan fingerprint density at radius 1 is 1.19 bits per heavy atom. The van der Waals surface area contributed by atoms with Crippen LogP contribution in [0.4, 0.5) is 11.4 Å². The molecule has 2 aromatic carbocycles. The molecule has 0 aliphatic heterocycles. The van der Waals surface area contributed by atoms with Gasteiger partial charge in [-0.15, -0.1) is 0 Å². The van der Waals surface area contributed by atoms with E-state index in [0.717, 1.165) is 22.6 Å². The van der Waals surface area contributed by atoms with E-state index in [-0.39, 0.29) is 5.91 Å². The molecule has 3 N–H and O–H groups in total. The van der Waals surface area contributed by atoms with Gasteiger partial charge >= 0.3 is 0 Å². The quantitative estimate of drug-likeness (QED) is 0.829. The summed E-state index contributed by atoms with van der Waals surface area (Å²) in [7, 11) is 0. The molecule has 0 aromatic heterocycles. The number of rotatable bonds is 5. The van der Waals surface area contributed by atoms with Crippen molar-refractivity contribution in [1.82, 2.24) is 0 Å². The van der Waals surface area contributed by atoms with Crippen LogP contribution in [0.15, 0.2) is 42.5 Å². The number of amides is 1. The Morgan fingerprint density at radius 3 is 2.52 bits per heavy atom. The summed E-state index contributed by atoms with van der Waals surface area (Å²) >= 11 is 0. The molecule has 0 unspecified atom stereocenters. The molecular weight excluding hydrogens is 264 g/mol. The molecule has 2 rings (SSSR count). The summed E-state index contributed by atoms with van der Waals surface area (Å²) in [6, 6.07) is 13.0. The van der Waals surface area contributed by atoms with Crippen LogP contribution in [0.5, 0.6) is 5.75 Å². The second kappa shape index (κ2) is 6.79. The number of hydrogen-bond donors (Lipinski definition) is 2. The number of nitrogens with two attached hydrogens (primary N) is 1. The maximum atomic E-state index is 12.1. The summed E-state index contributed by atoms with van der Waals surface area (Å²) in [5, 5.41) is 2.92. The third-order valence-corrected chi connectivity index (χ3v) is 3.13. The average molecular weight is 284 g/mol. The first-order valence-electron chi connectivity index (χ1n) is 6.96. The number of nitrogen functional groups attached to an aromatic ring is 1. The lowest BCUT2D eigenvalue weighted by molar-refractivity contribution is -0.115. The highest BCUT2D eigenvalue weighted by molar-refractivity contribution is 5.93. The molecule has 0 aliphatic carbocycles. The number of carbonyl (C=O) groups is 1. The molecule has 1 amide bonds. The number of anilines is 2. The number of hydrogen-bond acceptors (Lipinski definition) is 3. The maximum absolute atomic E-state index is 12.1. The fourth-order valence-electron chi connectivity index (χ4n) is 2.05. The van der Waals surface area contributed by atoms with Gasteiger partial charge in [-0.05, 0) is 55.3 Å². The van der Waals surface area contributed by atoms with Gasteiger partial charge in [-0.25, -0.2) is 0 Å².